The van der Waals surface area contributed by atoms with Crippen LogP contribution in [0.4, 0.5) is 4.39 Å². The summed E-state index contributed by atoms with van der Waals surface area (Å²) in [6, 6.07) is 12.0. The van der Waals surface area contributed by atoms with Gasteiger partial charge in [0.1, 0.15) is 5.82 Å². The minimum absolute atomic E-state index is 0.0277. The first-order valence-corrected chi connectivity index (χ1v) is 6.53. The molecule has 20 heavy (non-hydrogen) atoms. The van der Waals surface area contributed by atoms with E-state index in [1.165, 1.54) is 12.1 Å². The molecule has 1 aromatic carbocycles. The lowest BCUT2D eigenvalue weighted by atomic mass is 10.1. The number of aromatic nitrogens is 1. The molecule has 0 aliphatic rings. The molecule has 0 atom stereocenters. The molecule has 1 heterocycles. The fourth-order valence-corrected chi connectivity index (χ4v) is 1.96. The van der Waals surface area contributed by atoms with Crippen molar-refractivity contribution in [2.45, 2.75) is 19.4 Å². The number of carbonyl (C=O) groups excluding carboxylic acids is 1. The topological polar surface area (TPSA) is 33.2 Å². The van der Waals surface area contributed by atoms with Gasteiger partial charge in [-0.25, -0.2) is 4.39 Å². The van der Waals surface area contributed by atoms with Crippen molar-refractivity contribution in [3.63, 3.8) is 0 Å². The molecule has 2 rings (SSSR count). The summed E-state index contributed by atoms with van der Waals surface area (Å²) < 4.78 is 13.0. The smallest absolute Gasteiger partial charge is 0.222 e. The van der Waals surface area contributed by atoms with Crippen LogP contribution in [-0.4, -0.2) is 22.8 Å². The maximum Gasteiger partial charge on any atom is 0.222 e. The van der Waals surface area contributed by atoms with Crippen molar-refractivity contribution >= 4 is 5.91 Å². The Morgan fingerprint density at radius 2 is 2.10 bits per heavy atom. The molecule has 0 N–H and O–H groups in total. The number of nitrogens with zero attached hydrogens (tertiary/aromatic N) is 2. The molecule has 2 aromatic rings. The second kappa shape index (κ2) is 6.80. The number of aryl methyl sites for hydroxylation is 1. The number of rotatable bonds is 5. The van der Waals surface area contributed by atoms with Crippen LogP contribution in [0.25, 0.3) is 0 Å². The van der Waals surface area contributed by atoms with Crippen molar-refractivity contribution < 1.29 is 9.18 Å². The zero-order valence-electron chi connectivity index (χ0n) is 11.4. The molecule has 1 aromatic heterocycles. The predicted molar refractivity (Wildman–Crippen MR) is 75.4 cm³/mol. The van der Waals surface area contributed by atoms with Gasteiger partial charge in [-0.1, -0.05) is 18.2 Å². The Bertz CT molecular complexity index is 572. The number of carbonyl (C=O) groups is 1. The lowest BCUT2D eigenvalue weighted by Gasteiger charge is -2.16. The maximum atomic E-state index is 13.0. The highest BCUT2D eigenvalue weighted by molar-refractivity contribution is 5.76. The van der Waals surface area contributed by atoms with Crippen LogP contribution in [-0.2, 0) is 17.8 Å². The average Bonchev–Trinajstić information content (AvgIpc) is 2.46. The number of amides is 1. The Kier molecular flexibility index (Phi) is 4.82. The Hall–Kier alpha value is -2.23. The third-order valence-corrected chi connectivity index (χ3v) is 3.07. The third kappa shape index (κ3) is 4.16. The highest BCUT2D eigenvalue weighted by Crippen LogP contribution is 2.08. The number of benzene rings is 1. The van der Waals surface area contributed by atoms with Gasteiger partial charge in [-0.15, -0.1) is 0 Å². The summed E-state index contributed by atoms with van der Waals surface area (Å²) in [7, 11) is 1.75. The van der Waals surface area contributed by atoms with E-state index in [4.69, 9.17) is 0 Å². The number of hydrogen-bond donors (Lipinski definition) is 0. The predicted octanol–water partition coefficient (Wildman–Crippen LogP) is 2.81. The van der Waals surface area contributed by atoms with Crippen molar-refractivity contribution in [1.29, 1.82) is 0 Å². The molecule has 104 valence electrons. The highest BCUT2D eigenvalue weighted by atomic mass is 19.1. The van der Waals surface area contributed by atoms with Crippen LogP contribution in [0.2, 0.25) is 0 Å². The van der Waals surface area contributed by atoms with Crippen LogP contribution < -0.4 is 0 Å². The molecular weight excluding hydrogens is 255 g/mol. The van der Waals surface area contributed by atoms with Crippen LogP contribution in [0.15, 0.2) is 48.7 Å². The van der Waals surface area contributed by atoms with Gasteiger partial charge in [-0.3, -0.25) is 9.78 Å². The van der Waals surface area contributed by atoms with Gasteiger partial charge in [0.15, 0.2) is 0 Å². The first kappa shape index (κ1) is 14.2. The molecule has 0 radical (unpaired) electrons. The molecule has 0 spiro atoms. The van der Waals surface area contributed by atoms with E-state index in [1.54, 1.807) is 24.2 Å². The van der Waals surface area contributed by atoms with Crippen LogP contribution >= 0.6 is 0 Å². The Labute approximate surface area is 118 Å². The van der Waals surface area contributed by atoms with Gasteiger partial charge in [0.25, 0.3) is 0 Å². The summed E-state index contributed by atoms with van der Waals surface area (Å²) in [5.74, 6) is -0.239. The minimum Gasteiger partial charge on any atom is -0.340 e. The van der Waals surface area contributed by atoms with E-state index >= 15 is 0 Å². The minimum atomic E-state index is -0.267. The van der Waals surface area contributed by atoms with Crippen LogP contribution in [0, 0.1) is 5.82 Å². The van der Waals surface area contributed by atoms with E-state index in [-0.39, 0.29) is 11.7 Å². The number of halogens is 1. The van der Waals surface area contributed by atoms with Gasteiger partial charge in [0, 0.05) is 19.7 Å². The van der Waals surface area contributed by atoms with Gasteiger partial charge in [0.05, 0.1) is 12.2 Å². The van der Waals surface area contributed by atoms with E-state index < -0.39 is 0 Å². The second-order valence-electron chi connectivity index (χ2n) is 4.70. The van der Waals surface area contributed by atoms with E-state index in [2.05, 4.69) is 4.98 Å². The molecule has 0 saturated carbocycles. The van der Waals surface area contributed by atoms with Gasteiger partial charge in [-0.05, 0) is 36.2 Å². The van der Waals surface area contributed by atoms with Crippen molar-refractivity contribution in [1.82, 2.24) is 9.88 Å². The molecule has 0 saturated heterocycles. The molecule has 0 aliphatic carbocycles. The molecule has 0 unspecified atom stereocenters. The average molecular weight is 272 g/mol. The summed E-state index contributed by atoms with van der Waals surface area (Å²) in [5.41, 5.74) is 1.69. The third-order valence-electron chi connectivity index (χ3n) is 3.07. The molecule has 4 heteroatoms. The van der Waals surface area contributed by atoms with Crippen molar-refractivity contribution in [3.05, 3.63) is 65.7 Å². The molecule has 1 amide bonds. The van der Waals surface area contributed by atoms with Gasteiger partial charge < -0.3 is 4.90 Å². The number of hydrogen-bond acceptors (Lipinski definition) is 2. The van der Waals surface area contributed by atoms with Crippen LogP contribution in [0.5, 0.6) is 0 Å². The fraction of sp³-hybridized carbons (Fsp3) is 0.250. The molecular formula is C16H17FN2O. The second-order valence-corrected chi connectivity index (χ2v) is 4.70. The van der Waals surface area contributed by atoms with Crippen molar-refractivity contribution in [2.75, 3.05) is 7.05 Å². The lowest BCUT2D eigenvalue weighted by Crippen LogP contribution is -2.26. The van der Waals surface area contributed by atoms with E-state index in [0.717, 1.165) is 11.3 Å². The van der Waals surface area contributed by atoms with E-state index in [0.29, 0.717) is 19.4 Å². The molecule has 0 bridgehead atoms. The largest absolute Gasteiger partial charge is 0.340 e. The van der Waals surface area contributed by atoms with Gasteiger partial charge in [-0.2, -0.15) is 0 Å². The fourth-order valence-electron chi connectivity index (χ4n) is 1.96. The summed E-state index contributed by atoms with van der Waals surface area (Å²) in [6.07, 6.45) is 2.62. The van der Waals surface area contributed by atoms with Crippen molar-refractivity contribution in [2.24, 2.45) is 0 Å². The zero-order chi connectivity index (χ0) is 14.4. The standard InChI is InChI=1S/C16H17FN2O/c1-19(12-15-7-2-3-10-18-15)16(20)9-8-13-5-4-6-14(17)11-13/h2-7,10-11H,8-9,12H2,1H3. The summed E-state index contributed by atoms with van der Waals surface area (Å²) in [5, 5.41) is 0. The molecule has 3 nitrogen and oxygen atoms in total. The Morgan fingerprint density at radius 3 is 2.80 bits per heavy atom. The van der Waals surface area contributed by atoms with Crippen LogP contribution in [0.3, 0.4) is 0 Å². The van der Waals surface area contributed by atoms with Crippen molar-refractivity contribution in [3.8, 4) is 0 Å². The first-order chi connectivity index (χ1) is 9.65. The van der Waals surface area contributed by atoms with E-state index in [1.807, 2.05) is 24.3 Å². The summed E-state index contributed by atoms with van der Waals surface area (Å²) in [4.78, 5) is 17.8. The number of pyridine rings is 1. The van der Waals surface area contributed by atoms with Gasteiger partial charge >= 0.3 is 0 Å². The SMILES string of the molecule is CN(Cc1ccccn1)C(=O)CCc1cccc(F)c1. The molecule has 0 aliphatic heterocycles. The monoisotopic (exact) mass is 272 g/mol. The summed E-state index contributed by atoms with van der Waals surface area (Å²) >= 11 is 0. The van der Waals surface area contributed by atoms with E-state index in [9.17, 15) is 9.18 Å². The quantitative estimate of drug-likeness (QED) is 0.838. The Balaban J connectivity index is 1.85. The zero-order valence-corrected chi connectivity index (χ0v) is 11.4. The normalized spacial score (nSPS) is 10.3. The molecule has 0 fully saturated rings. The van der Waals surface area contributed by atoms with Crippen LogP contribution in [0.1, 0.15) is 17.7 Å². The summed E-state index contributed by atoms with van der Waals surface area (Å²) in [6.45, 7) is 0.489. The van der Waals surface area contributed by atoms with Gasteiger partial charge in [0.2, 0.25) is 5.91 Å². The Morgan fingerprint density at radius 1 is 1.25 bits per heavy atom. The first-order valence-electron chi connectivity index (χ1n) is 6.53. The lowest BCUT2D eigenvalue weighted by molar-refractivity contribution is -0.130. The highest BCUT2D eigenvalue weighted by Gasteiger charge is 2.10. The maximum absolute atomic E-state index is 13.0.